The van der Waals surface area contributed by atoms with Crippen molar-refractivity contribution in [1.29, 1.82) is 0 Å². The number of hydrogen-bond acceptors (Lipinski definition) is 6. The summed E-state index contributed by atoms with van der Waals surface area (Å²) in [7, 11) is 0. The Bertz CT molecular complexity index is 1230. The molecule has 1 aliphatic rings. The highest BCUT2D eigenvalue weighted by molar-refractivity contribution is 6.29. The third kappa shape index (κ3) is 4.25. The summed E-state index contributed by atoms with van der Waals surface area (Å²) < 4.78 is 1.64. The second kappa shape index (κ2) is 8.39. The molecular formula is C22H22ClN7O. The van der Waals surface area contributed by atoms with Gasteiger partial charge in [-0.1, -0.05) is 23.7 Å². The SMILES string of the molecule is O=c1[nH]c2ccccc2n1-c1ccc(NCC2CC[C@H](Nc3cnc(Cl)cn3)C2)nc1. The fourth-order valence-corrected chi connectivity index (χ4v) is 4.27. The van der Waals surface area contributed by atoms with E-state index in [-0.39, 0.29) is 5.69 Å². The number of fused-ring (bicyclic) bond motifs is 1. The molecule has 158 valence electrons. The van der Waals surface area contributed by atoms with Gasteiger partial charge in [0.2, 0.25) is 0 Å². The van der Waals surface area contributed by atoms with Crippen molar-refractivity contribution >= 4 is 34.3 Å². The number of pyridine rings is 1. The van der Waals surface area contributed by atoms with E-state index in [4.69, 9.17) is 11.6 Å². The van der Waals surface area contributed by atoms with E-state index in [2.05, 4.69) is 30.6 Å². The summed E-state index contributed by atoms with van der Waals surface area (Å²) in [6.45, 7) is 0.851. The van der Waals surface area contributed by atoms with Crippen LogP contribution in [0.3, 0.4) is 0 Å². The minimum Gasteiger partial charge on any atom is -0.370 e. The van der Waals surface area contributed by atoms with Gasteiger partial charge >= 0.3 is 5.69 Å². The van der Waals surface area contributed by atoms with Gasteiger partial charge in [0.15, 0.2) is 0 Å². The number of nitrogens with zero attached hydrogens (tertiary/aromatic N) is 4. The first kappa shape index (κ1) is 19.6. The highest BCUT2D eigenvalue weighted by Gasteiger charge is 2.24. The summed E-state index contributed by atoms with van der Waals surface area (Å²) in [6.07, 6.45) is 8.22. The molecule has 0 aliphatic heterocycles. The molecule has 9 heteroatoms. The van der Waals surface area contributed by atoms with Crippen LogP contribution in [0.5, 0.6) is 0 Å². The molecule has 3 N–H and O–H groups in total. The number of rotatable bonds is 6. The van der Waals surface area contributed by atoms with E-state index in [9.17, 15) is 4.79 Å². The predicted octanol–water partition coefficient (Wildman–Crippen LogP) is 3.85. The van der Waals surface area contributed by atoms with Crippen molar-refractivity contribution in [1.82, 2.24) is 24.5 Å². The Morgan fingerprint density at radius 3 is 2.71 bits per heavy atom. The van der Waals surface area contributed by atoms with Gasteiger partial charge < -0.3 is 15.6 Å². The van der Waals surface area contributed by atoms with E-state index in [1.807, 2.05) is 36.4 Å². The van der Waals surface area contributed by atoms with E-state index in [1.165, 1.54) is 0 Å². The smallest absolute Gasteiger partial charge is 0.331 e. The maximum Gasteiger partial charge on any atom is 0.331 e. The Morgan fingerprint density at radius 1 is 1.03 bits per heavy atom. The van der Waals surface area contributed by atoms with Crippen molar-refractivity contribution in [2.24, 2.45) is 5.92 Å². The Kier molecular flexibility index (Phi) is 5.30. The molecule has 8 nitrogen and oxygen atoms in total. The molecule has 4 aromatic rings. The van der Waals surface area contributed by atoms with E-state index in [0.29, 0.717) is 17.1 Å². The van der Waals surface area contributed by atoms with Crippen LogP contribution in [0, 0.1) is 5.92 Å². The average molecular weight is 436 g/mol. The molecule has 2 atom stereocenters. The van der Waals surface area contributed by atoms with Gasteiger partial charge in [-0.15, -0.1) is 0 Å². The molecule has 1 unspecified atom stereocenters. The van der Waals surface area contributed by atoms with Gasteiger partial charge in [0.05, 0.1) is 35.3 Å². The Hall–Kier alpha value is -3.39. The molecule has 0 bridgehead atoms. The normalized spacial score (nSPS) is 18.4. The largest absolute Gasteiger partial charge is 0.370 e. The van der Waals surface area contributed by atoms with Crippen molar-refractivity contribution in [2.45, 2.75) is 25.3 Å². The van der Waals surface area contributed by atoms with Crippen LogP contribution in [-0.4, -0.2) is 37.1 Å². The maximum atomic E-state index is 12.3. The monoisotopic (exact) mass is 435 g/mol. The fourth-order valence-electron chi connectivity index (χ4n) is 4.17. The van der Waals surface area contributed by atoms with Gasteiger partial charge in [0.25, 0.3) is 0 Å². The zero-order valence-corrected chi connectivity index (χ0v) is 17.5. The lowest BCUT2D eigenvalue weighted by atomic mass is 10.1. The lowest BCUT2D eigenvalue weighted by Gasteiger charge is -2.14. The summed E-state index contributed by atoms with van der Waals surface area (Å²) in [4.78, 5) is 28.0. The van der Waals surface area contributed by atoms with Crippen LogP contribution in [0.1, 0.15) is 19.3 Å². The van der Waals surface area contributed by atoms with E-state index in [1.54, 1.807) is 23.2 Å². The molecule has 0 radical (unpaired) electrons. The highest BCUT2D eigenvalue weighted by atomic mass is 35.5. The summed E-state index contributed by atoms with van der Waals surface area (Å²) in [5.74, 6) is 2.11. The van der Waals surface area contributed by atoms with Crippen LogP contribution in [0.25, 0.3) is 16.7 Å². The van der Waals surface area contributed by atoms with Gasteiger partial charge in [-0.2, -0.15) is 0 Å². The van der Waals surface area contributed by atoms with Crippen molar-refractivity contribution in [3.05, 3.63) is 70.6 Å². The zero-order chi connectivity index (χ0) is 21.2. The van der Waals surface area contributed by atoms with Crippen LogP contribution in [-0.2, 0) is 0 Å². The van der Waals surface area contributed by atoms with Crippen LogP contribution in [0.2, 0.25) is 5.15 Å². The molecule has 31 heavy (non-hydrogen) atoms. The van der Waals surface area contributed by atoms with Gasteiger partial charge in [-0.25, -0.2) is 19.7 Å². The molecule has 1 saturated carbocycles. The van der Waals surface area contributed by atoms with Crippen molar-refractivity contribution < 1.29 is 0 Å². The van der Waals surface area contributed by atoms with Gasteiger partial charge in [0, 0.05) is 12.6 Å². The van der Waals surface area contributed by atoms with Gasteiger partial charge in [-0.3, -0.25) is 4.57 Å². The number of H-pyrrole nitrogens is 1. The number of aromatic amines is 1. The first-order valence-corrected chi connectivity index (χ1v) is 10.7. The van der Waals surface area contributed by atoms with Crippen LogP contribution >= 0.6 is 11.6 Å². The first-order valence-electron chi connectivity index (χ1n) is 10.3. The Balaban J connectivity index is 1.19. The predicted molar refractivity (Wildman–Crippen MR) is 122 cm³/mol. The molecular weight excluding hydrogens is 414 g/mol. The number of imidazole rings is 1. The molecule has 3 aromatic heterocycles. The zero-order valence-electron chi connectivity index (χ0n) is 16.8. The lowest BCUT2D eigenvalue weighted by molar-refractivity contribution is 0.571. The number of nitrogens with one attached hydrogen (secondary N) is 3. The van der Waals surface area contributed by atoms with Gasteiger partial charge in [0.1, 0.15) is 16.8 Å². The van der Waals surface area contributed by atoms with E-state index < -0.39 is 0 Å². The molecule has 0 saturated heterocycles. The molecule has 1 fully saturated rings. The highest BCUT2D eigenvalue weighted by Crippen LogP contribution is 2.28. The van der Waals surface area contributed by atoms with Crippen LogP contribution in [0.15, 0.2) is 59.8 Å². The fraction of sp³-hybridized carbons (Fsp3) is 0.273. The van der Waals surface area contributed by atoms with Crippen molar-refractivity contribution in [3.63, 3.8) is 0 Å². The lowest BCUT2D eigenvalue weighted by Crippen LogP contribution is -2.19. The average Bonchev–Trinajstić information content (AvgIpc) is 3.37. The first-order chi connectivity index (χ1) is 15.2. The number of aromatic nitrogens is 5. The van der Waals surface area contributed by atoms with Crippen LogP contribution < -0.4 is 16.3 Å². The molecule has 0 amide bonds. The summed E-state index contributed by atoms with van der Waals surface area (Å²) in [6, 6.07) is 11.8. The summed E-state index contributed by atoms with van der Waals surface area (Å²) in [5, 5.41) is 7.25. The van der Waals surface area contributed by atoms with E-state index >= 15 is 0 Å². The topological polar surface area (TPSA) is 101 Å². The summed E-state index contributed by atoms with van der Waals surface area (Å²) in [5.41, 5.74) is 2.22. The van der Waals surface area contributed by atoms with E-state index in [0.717, 1.165) is 54.2 Å². The quantitative estimate of drug-likeness (QED) is 0.425. The molecule has 0 spiro atoms. The third-order valence-electron chi connectivity index (χ3n) is 5.68. The standard InChI is InChI=1S/C22H22ClN7O/c23-19-12-27-21(13-24-19)28-15-6-5-14(9-15)10-25-20-8-7-16(11-26-20)30-18-4-2-1-3-17(18)29-22(30)31/h1-4,7-8,11-15H,5-6,9-10H2,(H,25,26)(H,27,28)(H,29,31)/t14?,15-/m0/s1. The number of para-hydroxylation sites is 2. The van der Waals surface area contributed by atoms with Crippen LogP contribution in [0.4, 0.5) is 11.6 Å². The van der Waals surface area contributed by atoms with Gasteiger partial charge in [-0.05, 0) is 49.4 Å². The number of halogens is 1. The molecule has 1 aliphatic carbocycles. The van der Waals surface area contributed by atoms with Crippen molar-refractivity contribution in [3.8, 4) is 5.69 Å². The maximum absolute atomic E-state index is 12.3. The second-order valence-corrected chi connectivity index (χ2v) is 8.20. The second-order valence-electron chi connectivity index (χ2n) is 7.81. The van der Waals surface area contributed by atoms with Crippen molar-refractivity contribution in [2.75, 3.05) is 17.2 Å². The molecule has 3 heterocycles. The minimum atomic E-state index is -0.168. The molecule has 1 aromatic carbocycles. The number of benzene rings is 1. The minimum absolute atomic E-state index is 0.168. The summed E-state index contributed by atoms with van der Waals surface area (Å²) >= 11 is 5.79. The Labute approximate surface area is 183 Å². The number of hydrogen-bond donors (Lipinski definition) is 3. The molecule has 5 rings (SSSR count). The Morgan fingerprint density at radius 2 is 1.90 bits per heavy atom. The third-order valence-corrected chi connectivity index (χ3v) is 5.88. The number of anilines is 2.